The third-order valence-corrected chi connectivity index (χ3v) is 2.45. The van der Waals surface area contributed by atoms with Crippen molar-refractivity contribution >= 4 is 0 Å². The van der Waals surface area contributed by atoms with E-state index in [0.717, 1.165) is 38.5 Å². The van der Waals surface area contributed by atoms with Crippen molar-refractivity contribution in [2.45, 2.75) is 65.4 Å². The molecule has 100 valence electrons. The van der Waals surface area contributed by atoms with Crippen LogP contribution in [0, 0.1) is 29.6 Å². The molecule has 1 N–H and O–H groups in total. The summed E-state index contributed by atoms with van der Waals surface area (Å²) in [4.78, 5) is 0. The molecule has 0 bridgehead atoms. The highest BCUT2D eigenvalue weighted by molar-refractivity contribution is 5.09. The Morgan fingerprint density at radius 3 is 2.33 bits per heavy atom. The minimum atomic E-state index is -0.457. The molecule has 0 heterocycles. The van der Waals surface area contributed by atoms with Gasteiger partial charge in [0, 0.05) is 18.8 Å². The number of hydrogen-bond acceptors (Lipinski definition) is 1. The molecule has 18 heavy (non-hydrogen) atoms. The molecule has 1 heteroatoms. The normalized spacial score (nSPS) is 13.3. The third-order valence-electron chi connectivity index (χ3n) is 2.45. The fourth-order valence-electron chi connectivity index (χ4n) is 1.43. The van der Waals surface area contributed by atoms with E-state index in [1.807, 2.05) is 6.92 Å². The van der Waals surface area contributed by atoms with E-state index in [9.17, 15) is 5.11 Å². The third kappa shape index (κ3) is 11.3. The molecule has 0 spiro atoms. The molecule has 0 aromatic carbocycles. The lowest BCUT2D eigenvalue weighted by Gasteiger charge is -1.97. The quantitative estimate of drug-likeness (QED) is 0.428. The Bertz CT molecular complexity index is 332. The Balaban J connectivity index is 3.74. The Morgan fingerprint density at radius 2 is 1.72 bits per heavy atom. The second-order valence-electron chi connectivity index (χ2n) is 4.46. The monoisotopic (exact) mass is 246 g/mol. The maximum Gasteiger partial charge on any atom is 0.114 e. The van der Waals surface area contributed by atoms with Crippen molar-refractivity contribution in [1.29, 1.82) is 0 Å². The van der Waals surface area contributed by atoms with Gasteiger partial charge in [0.1, 0.15) is 6.10 Å². The van der Waals surface area contributed by atoms with Gasteiger partial charge in [0.2, 0.25) is 0 Å². The average Bonchev–Trinajstić information content (AvgIpc) is 2.34. The van der Waals surface area contributed by atoms with E-state index in [1.165, 1.54) is 0 Å². The van der Waals surface area contributed by atoms with Crippen molar-refractivity contribution in [3.63, 3.8) is 0 Å². The van der Waals surface area contributed by atoms with Gasteiger partial charge >= 0.3 is 0 Å². The number of allylic oxidation sites excluding steroid dienone is 2. The van der Waals surface area contributed by atoms with E-state index in [1.54, 1.807) is 0 Å². The molecule has 0 fully saturated rings. The Kier molecular flexibility index (Phi) is 11.5. The van der Waals surface area contributed by atoms with E-state index >= 15 is 0 Å². The van der Waals surface area contributed by atoms with E-state index in [0.29, 0.717) is 5.92 Å². The van der Waals surface area contributed by atoms with Crippen molar-refractivity contribution in [2.24, 2.45) is 5.92 Å². The van der Waals surface area contributed by atoms with E-state index < -0.39 is 6.10 Å². The van der Waals surface area contributed by atoms with Crippen LogP contribution < -0.4 is 0 Å². The molecular weight excluding hydrogens is 220 g/mol. The fourth-order valence-corrected chi connectivity index (χ4v) is 1.43. The van der Waals surface area contributed by atoms with Crippen LogP contribution in [0.3, 0.4) is 0 Å². The van der Waals surface area contributed by atoms with Gasteiger partial charge in [-0.3, -0.25) is 0 Å². The first-order valence-corrected chi connectivity index (χ1v) is 7.00. The molecule has 0 saturated heterocycles. The highest BCUT2D eigenvalue weighted by Crippen LogP contribution is 2.01. The predicted octanol–water partition coefficient (Wildman–Crippen LogP) is 3.93. The summed E-state index contributed by atoms with van der Waals surface area (Å²) < 4.78 is 0. The molecule has 0 radical (unpaired) electrons. The van der Waals surface area contributed by atoms with Crippen LogP contribution in [-0.2, 0) is 0 Å². The second kappa shape index (κ2) is 12.3. The fraction of sp³-hybridized carbons (Fsp3) is 0.647. The summed E-state index contributed by atoms with van der Waals surface area (Å²) >= 11 is 0. The van der Waals surface area contributed by atoms with Crippen molar-refractivity contribution in [1.82, 2.24) is 0 Å². The van der Waals surface area contributed by atoms with Gasteiger partial charge in [-0.15, -0.1) is 5.92 Å². The predicted molar refractivity (Wildman–Crippen MR) is 78.9 cm³/mol. The molecule has 0 saturated carbocycles. The van der Waals surface area contributed by atoms with Gasteiger partial charge in [0.05, 0.1) is 0 Å². The zero-order chi connectivity index (χ0) is 13.6. The van der Waals surface area contributed by atoms with Crippen LogP contribution in [0.2, 0.25) is 0 Å². The van der Waals surface area contributed by atoms with Crippen LogP contribution in [0.5, 0.6) is 0 Å². The van der Waals surface area contributed by atoms with Gasteiger partial charge < -0.3 is 5.11 Å². The molecule has 0 amide bonds. The first-order chi connectivity index (χ1) is 8.70. The minimum absolute atomic E-state index is 0.423. The van der Waals surface area contributed by atoms with Gasteiger partial charge in [-0.1, -0.05) is 57.1 Å². The average molecular weight is 246 g/mol. The first kappa shape index (κ1) is 16.8. The van der Waals surface area contributed by atoms with Gasteiger partial charge in [0.25, 0.3) is 0 Å². The van der Waals surface area contributed by atoms with Crippen molar-refractivity contribution in [2.75, 3.05) is 0 Å². The van der Waals surface area contributed by atoms with Crippen molar-refractivity contribution in [3.8, 4) is 23.7 Å². The SMILES string of the molecule is CC/C=C\C[C@H](C)C#CCCC#C[C@@H](O)CCC. The largest absolute Gasteiger partial charge is 0.380 e. The molecule has 0 unspecified atom stereocenters. The molecule has 0 aliphatic heterocycles. The first-order valence-electron chi connectivity index (χ1n) is 7.00. The maximum atomic E-state index is 9.40. The number of hydrogen-bond donors (Lipinski definition) is 1. The highest BCUT2D eigenvalue weighted by atomic mass is 16.3. The summed E-state index contributed by atoms with van der Waals surface area (Å²) in [7, 11) is 0. The second-order valence-corrected chi connectivity index (χ2v) is 4.46. The van der Waals surface area contributed by atoms with Gasteiger partial charge in [0.15, 0.2) is 0 Å². The van der Waals surface area contributed by atoms with E-state index in [-0.39, 0.29) is 0 Å². The zero-order valence-corrected chi connectivity index (χ0v) is 12.0. The smallest absolute Gasteiger partial charge is 0.114 e. The van der Waals surface area contributed by atoms with Gasteiger partial charge in [-0.25, -0.2) is 0 Å². The van der Waals surface area contributed by atoms with Crippen LogP contribution in [0.15, 0.2) is 12.2 Å². The highest BCUT2D eigenvalue weighted by Gasteiger charge is 1.94. The molecule has 1 nitrogen and oxygen atoms in total. The lowest BCUT2D eigenvalue weighted by atomic mass is 10.1. The molecule has 0 aliphatic rings. The zero-order valence-electron chi connectivity index (χ0n) is 12.0. The van der Waals surface area contributed by atoms with Crippen LogP contribution >= 0.6 is 0 Å². The van der Waals surface area contributed by atoms with Crippen LogP contribution in [0.4, 0.5) is 0 Å². The standard InChI is InChI=1S/C17H26O/c1-4-6-9-13-16(3)14-10-7-8-11-15-17(18)12-5-2/h6,9,16-18H,4-5,7-8,12-13H2,1-3H3/b9-6-/t16-,17-/m0/s1. The van der Waals surface area contributed by atoms with E-state index in [4.69, 9.17) is 0 Å². The minimum Gasteiger partial charge on any atom is -0.380 e. The summed E-state index contributed by atoms with van der Waals surface area (Å²) in [5.74, 6) is 12.6. The lowest BCUT2D eigenvalue weighted by molar-refractivity contribution is 0.221. The molecule has 0 aromatic rings. The summed E-state index contributed by atoms with van der Waals surface area (Å²) in [6.45, 7) is 6.33. The maximum absolute atomic E-state index is 9.40. The number of unbranched alkanes of at least 4 members (excludes halogenated alkanes) is 1. The topological polar surface area (TPSA) is 20.2 Å². The van der Waals surface area contributed by atoms with Gasteiger partial charge in [-0.05, 0) is 19.3 Å². The van der Waals surface area contributed by atoms with Crippen molar-refractivity contribution in [3.05, 3.63) is 12.2 Å². The number of aliphatic hydroxyl groups is 1. The Hall–Kier alpha value is -1.18. The lowest BCUT2D eigenvalue weighted by Crippen LogP contribution is -2.00. The summed E-state index contributed by atoms with van der Waals surface area (Å²) in [5.41, 5.74) is 0. The number of rotatable bonds is 6. The van der Waals surface area contributed by atoms with Crippen molar-refractivity contribution < 1.29 is 5.11 Å². The summed E-state index contributed by atoms with van der Waals surface area (Å²) in [6, 6.07) is 0. The molecule has 2 atom stereocenters. The molecule has 0 aromatic heterocycles. The Morgan fingerprint density at radius 1 is 1.06 bits per heavy atom. The summed E-state index contributed by atoms with van der Waals surface area (Å²) in [6.07, 6.45) is 9.33. The Labute approximate surface area is 113 Å². The van der Waals surface area contributed by atoms with Gasteiger partial charge in [-0.2, -0.15) is 0 Å². The summed E-state index contributed by atoms with van der Waals surface area (Å²) in [5, 5.41) is 9.40. The van der Waals surface area contributed by atoms with E-state index in [2.05, 4.69) is 49.7 Å². The van der Waals surface area contributed by atoms with Crippen LogP contribution in [0.25, 0.3) is 0 Å². The van der Waals surface area contributed by atoms with Crippen LogP contribution in [-0.4, -0.2) is 11.2 Å². The molecule has 0 aliphatic carbocycles. The number of aliphatic hydroxyl groups excluding tert-OH is 1. The molecule has 0 rings (SSSR count). The van der Waals surface area contributed by atoms with Crippen LogP contribution in [0.1, 0.15) is 59.3 Å². The molecular formula is C17H26O.